The van der Waals surface area contributed by atoms with Crippen LogP contribution in [-0.4, -0.2) is 30.5 Å². The molecule has 0 bridgehead atoms. The Labute approximate surface area is 158 Å². The van der Waals surface area contributed by atoms with E-state index in [1.54, 1.807) is 0 Å². The molecule has 2 aromatic rings. The Morgan fingerprint density at radius 1 is 1.21 bits per heavy atom. The van der Waals surface area contributed by atoms with Crippen LogP contribution >= 0.6 is 0 Å². The lowest BCUT2D eigenvalue weighted by Crippen LogP contribution is -2.31. The number of nitro groups is 1. The first-order chi connectivity index (χ1) is 13.2. The van der Waals surface area contributed by atoms with Crippen LogP contribution in [-0.2, 0) is 9.53 Å². The van der Waals surface area contributed by atoms with Gasteiger partial charge in [0.25, 0.3) is 11.6 Å². The first-order valence-electron chi connectivity index (χ1n) is 8.10. The molecule has 0 radical (unpaired) electrons. The molecule has 0 aliphatic rings. The minimum absolute atomic E-state index is 0.0669. The van der Waals surface area contributed by atoms with Gasteiger partial charge in [0.1, 0.15) is 11.6 Å². The van der Waals surface area contributed by atoms with Crippen LogP contribution in [0.2, 0.25) is 0 Å². The first kappa shape index (κ1) is 20.7. The van der Waals surface area contributed by atoms with Gasteiger partial charge < -0.3 is 15.4 Å². The maximum absolute atomic E-state index is 13.7. The fourth-order valence-electron chi connectivity index (χ4n) is 2.46. The van der Waals surface area contributed by atoms with Gasteiger partial charge >= 0.3 is 5.97 Å². The largest absolute Gasteiger partial charge is 0.452 e. The van der Waals surface area contributed by atoms with Gasteiger partial charge in [-0.05, 0) is 19.1 Å². The molecule has 1 amide bonds. The monoisotopic (exact) mass is 393 g/mol. The normalized spacial score (nSPS) is 11.4. The number of hydrogen-bond donors (Lipinski definition) is 2. The van der Waals surface area contributed by atoms with Crippen molar-refractivity contribution >= 4 is 23.3 Å². The summed E-state index contributed by atoms with van der Waals surface area (Å²) in [4.78, 5) is 34.3. The number of esters is 1. The summed E-state index contributed by atoms with van der Waals surface area (Å²) < 4.78 is 31.6. The summed E-state index contributed by atoms with van der Waals surface area (Å²) in [7, 11) is 1.52. The highest BCUT2D eigenvalue weighted by atomic mass is 19.1. The van der Waals surface area contributed by atoms with E-state index in [-0.39, 0.29) is 22.5 Å². The Morgan fingerprint density at radius 2 is 1.93 bits per heavy atom. The SMILES string of the molecule is CNc1ccc([N+](=O)[O-])cc1C(=O)OCC(=O)N[C@H](C)c1ccc(F)cc1F. The number of nitro benzene ring substituents is 1. The number of amides is 1. The van der Waals surface area contributed by atoms with Gasteiger partial charge in [0.2, 0.25) is 0 Å². The van der Waals surface area contributed by atoms with Crippen LogP contribution in [0, 0.1) is 21.7 Å². The zero-order valence-corrected chi connectivity index (χ0v) is 15.0. The van der Waals surface area contributed by atoms with Gasteiger partial charge in [0.05, 0.1) is 16.5 Å². The number of nitrogens with one attached hydrogen (secondary N) is 2. The molecule has 148 valence electrons. The average Bonchev–Trinajstić information content (AvgIpc) is 2.65. The first-order valence-corrected chi connectivity index (χ1v) is 8.10. The Balaban J connectivity index is 2.01. The minimum Gasteiger partial charge on any atom is -0.452 e. The summed E-state index contributed by atoms with van der Waals surface area (Å²) in [5, 5.41) is 16.0. The van der Waals surface area contributed by atoms with E-state index in [0.29, 0.717) is 6.07 Å². The maximum atomic E-state index is 13.7. The van der Waals surface area contributed by atoms with Crippen molar-refractivity contribution < 1.29 is 28.0 Å². The van der Waals surface area contributed by atoms with Crippen molar-refractivity contribution in [3.8, 4) is 0 Å². The van der Waals surface area contributed by atoms with E-state index in [0.717, 1.165) is 12.1 Å². The molecule has 2 aromatic carbocycles. The predicted octanol–water partition coefficient (Wildman–Crippen LogP) is 2.95. The van der Waals surface area contributed by atoms with E-state index in [9.17, 15) is 28.5 Å². The molecule has 2 N–H and O–H groups in total. The summed E-state index contributed by atoms with van der Waals surface area (Å²) in [6, 6.07) is 5.74. The zero-order chi connectivity index (χ0) is 20.8. The molecular weight excluding hydrogens is 376 g/mol. The van der Waals surface area contributed by atoms with Gasteiger partial charge in [-0.3, -0.25) is 14.9 Å². The fraction of sp³-hybridized carbons (Fsp3) is 0.222. The highest BCUT2D eigenvalue weighted by molar-refractivity contribution is 5.97. The summed E-state index contributed by atoms with van der Waals surface area (Å²) >= 11 is 0. The number of benzene rings is 2. The van der Waals surface area contributed by atoms with Crippen molar-refractivity contribution in [3.05, 3.63) is 69.3 Å². The molecule has 1 atom stereocenters. The molecule has 0 aliphatic heterocycles. The molecule has 0 aromatic heterocycles. The number of anilines is 1. The summed E-state index contributed by atoms with van der Waals surface area (Å²) in [6.07, 6.45) is 0. The third-order valence-corrected chi connectivity index (χ3v) is 3.84. The molecule has 0 saturated carbocycles. The van der Waals surface area contributed by atoms with E-state index in [1.165, 1.54) is 32.2 Å². The van der Waals surface area contributed by atoms with E-state index < -0.39 is 41.1 Å². The van der Waals surface area contributed by atoms with Gasteiger partial charge in [-0.2, -0.15) is 0 Å². The second kappa shape index (κ2) is 8.89. The van der Waals surface area contributed by atoms with E-state index >= 15 is 0 Å². The average molecular weight is 393 g/mol. The summed E-state index contributed by atoms with van der Waals surface area (Å²) in [5.74, 6) is -3.23. The van der Waals surface area contributed by atoms with Crippen LogP contribution in [0.3, 0.4) is 0 Å². The second-order valence-corrected chi connectivity index (χ2v) is 5.77. The Kier molecular flexibility index (Phi) is 6.59. The van der Waals surface area contributed by atoms with Crippen LogP contribution in [0.5, 0.6) is 0 Å². The van der Waals surface area contributed by atoms with E-state index in [1.807, 2.05) is 0 Å². The lowest BCUT2D eigenvalue weighted by atomic mass is 10.1. The molecule has 0 spiro atoms. The lowest BCUT2D eigenvalue weighted by Gasteiger charge is -2.15. The number of carbonyl (C=O) groups is 2. The van der Waals surface area contributed by atoms with Crippen molar-refractivity contribution in [2.24, 2.45) is 0 Å². The molecule has 0 fully saturated rings. The number of nitrogens with zero attached hydrogens (tertiary/aromatic N) is 1. The predicted molar refractivity (Wildman–Crippen MR) is 95.8 cm³/mol. The molecular formula is C18H17F2N3O5. The highest BCUT2D eigenvalue weighted by Crippen LogP contribution is 2.23. The molecule has 0 heterocycles. The van der Waals surface area contributed by atoms with Crippen LogP contribution in [0.15, 0.2) is 36.4 Å². The molecule has 0 saturated heterocycles. The third-order valence-electron chi connectivity index (χ3n) is 3.84. The van der Waals surface area contributed by atoms with Crippen LogP contribution in [0.4, 0.5) is 20.2 Å². The standard InChI is InChI=1S/C18H17F2N3O5/c1-10(13-5-3-11(19)7-15(13)20)22-17(24)9-28-18(25)14-8-12(23(26)27)4-6-16(14)21-2/h3-8,10,21H,9H2,1-2H3,(H,22,24)/t10-/m1/s1. The van der Waals surface area contributed by atoms with Crippen LogP contribution < -0.4 is 10.6 Å². The molecule has 8 nitrogen and oxygen atoms in total. The quantitative estimate of drug-likeness (QED) is 0.425. The van der Waals surface area contributed by atoms with Crippen molar-refractivity contribution in [2.75, 3.05) is 19.0 Å². The minimum atomic E-state index is -0.941. The topological polar surface area (TPSA) is 111 Å². The summed E-state index contributed by atoms with van der Waals surface area (Å²) in [5.41, 5.74) is -0.0621. The molecule has 10 heteroatoms. The Bertz CT molecular complexity index is 920. The lowest BCUT2D eigenvalue weighted by molar-refractivity contribution is -0.384. The fourth-order valence-corrected chi connectivity index (χ4v) is 2.46. The van der Waals surface area contributed by atoms with E-state index in [2.05, 4.69) is 10.6 Å². The zero-order valence-electron chi connectivity index (χ0n) is 15.0. The van der Waals surface area contributed by atoms with Crippen LogP contribution in [0.1, 0.15) is 28.9 Å². The number of carbonyl (C=O) groups excluding carboxylic acids is 2. The van der Waals surface area contributed by atoms with Gasteiger partial charge in [-0.15, -0.1) is 0 Å². The summed E-state index contributed by atoms with van der Waals surface area (Å²) in [6.45, 7) is 0.799. The smallest absolute Gasteiger partial charge is 0.341 e. The number of rotatable bonds is 7. The Hall–Kier alpha value is -3.56. The second-order valence-electron chi connectivity index (χ2n) is 5.77. The third kappa shape index (κ3) is 5.00. The van der Waals surface area contributed by atoms with Gasteiger partial charge in [-0.1, -0.05) is 6.07 Å². The molecule has 28 heavy (non-hydrogen) atoms. The number of ether oxygens (including phenoxy) is 1. The Morgan fingerprint density at radius 3 is 2.54 bits per heavy atom. The van der Waals surface area contributed by atoms with Crippen molar-refractivity contribution in [1.82, 2.24) is 5.32 Å². The van der Waals surface area contributed by atoms with Gasteiger partial charge in [0.15, 0.2) is 6.61 Å². The van der Waals surface area contributed by atoms with Crippen molar-refractivity contribution in [1.29, 1.82) is 0 Å². The highest BCUT2D eigenvalue weighted by Gasteiger charge is 2.20. The van der Waals surface area contributed by atoms with Gasteiger partial charge in [-0.25, -0.2) is 13.6 Å². The van der Waals surface area contributed by atoms with Gasteiger partial charge in [0, 0.05) is 36.5 Å². The number of halogens is 2. The number of non-ortho nitro benzene ring substituents is 1. The van der Waals surface area contributed by atoms with Crippen LogP contribution in [0.25, 0.3) is 0 Å². The molecule has 0 aliphatic carbocycles. The van der Waals surface area contributed by atoms with E-state index in [4.69, 9.17) is 4.74 Å². The van der Waals surface area contributed by atoms with Crippen molar-refractivity contribution in [2.45, 2.75) is 13.0 Å². The molecule has 2 rings (SSSR count). The number of hydrogen-bond acceptors (Lipinski definition) is 6. The molecule has 0 unspecified atom stereocenters. The maximum Gasteiger partial charge on any atom is 0.341 e. The van der Waals surface area contributed by atoms with Crippen molar-refractivity contribution in [3.63, 3.8) is 0 Å².